The largest absolute Gasteiger partial charge is 0.371 e. The number of alkyl halides is 1. The fourth-order valence-electron chi connectivity index (χ4n) is 1.90. The van der Waals surface area contributed by atoms with E-state index in [0.29, 0.717) is 36.5 Å². The van der Waals surface area contributed by atoms with Gasteiger partial charge in [-0.3, -0.25) is 0 Å². The molecule has 0 radical (unpaired) electrons. The van der Waals surface area contributed by atoms with Gasteiger partial charge in [0, 0.05) is 18.8 Å². The lowest BCUT2D eigenvalue weighted by atomic mass is 10.1. The summed E-state index contributed by atoms with van der Waals surface area (Å²) < 4.78 is 13.0. The van der Waals surface area contributed by atoms with Crippen LogP contribution in [-0.4, -0.2) is 19.3 Å². The molecule has 0 aliphatic carbocycles. The van der Waals surface area contributed by atoms with E-state index in [1.165, 1.54) is 0 Å². The van der Waals surface area contributed by atoms with Crippen molar-refractivity contribution in [2.75, 3.05) is 18.0 Å². The zero-order valence-corrected chi connectivity index (χ0v) is 9.54. The molecule has 0 atom stereocenters. The molecule has 1 fully saturated rings. The van der Waals surface area contributed by atoms with Gasteiger partial charge < -0.3 is 4.90 Å². The predicted octanol–water partition coefficient (Wildman–Crippen LogP) is 3.15. The Morgan fingerprint density at radius 3 is 2.62 bits per heavy atom. The summed E-state index contributed by atoms with van der Waals surface area (Å²) in [6.07, 6.45) is 0.458. The van der Waals surface area contributed by atoms with Gasteiger partial charge in [0.05, 0.1) is 10.6 Å². The van der Waals surface area contributed by atoms with Gasteiger partial charge in [-0.05, 0) is 31.0 Å². The number of hydrogen-bond acceptors (Lipinski definition) is 2. The van der Waals surface area contributed by atoms with Crippen molar-refractivity contribution in [2.24, 2.45) is 0 Å². The first-order valence-electron chi connectivity index (χ1n) is 5.29. The molecule has 2 rings (SSSR count). The summed E-state index contributed by atoms with van der Waals surface area (Å²) >= 11 is 5.95. The summed E-state index contributed by atoms with van der Waals surface area (Å²) in [5.74, 6) is 0. The molecule has 1 aliphatic heterocycles. The number of nitrogens with zero attached hydrogens (tertiary/aromatic N) is 2. The van der Waals surface area contributed by atoms with Crippen LogP contribution in [0.3, 0.4) is 0 Å². The fraction of sp³-hybridized carbons (Fsp3) is 0.417. The molecule has 0 spiro atoms. The second-order valence-electron chi connectivity index (χ2n) is 3.94. The average Bonchev–Trinajstić information content (AvgIpc) is 2.30. The maximum atomic E-state index is 13.0. The third kappa shape index (κ3) is 2.28. The van der Waals surface area contributed by atoms with Crippen LogP contribution >= 0.6 is 11.6 Å². The Morgan fingerprint density at radius 1 is 1.38 bits per heavy atom. The molecule has 16 heavy (non-hydrogen) atoms. The van der Waals surface area contributed by atoms with Crippen molar-refractivity contribution in [3.8, 4) is 6.07 Å². The first-order chi connectivity index (χ1) is 7.70. The molecule has 4 heteroatoms. The van der Waals surface area contributed by atoms with E-state index in [1.54, 1.807) is 12.1 Å². The Bertz CT molecular complexity index is 420. The molecule has 1 heterocycles. The number of anilines is 1. The zero-order chi connectivity index (χ0) is 11.5. The molecule has 0 unspecified atom stereocenters. The van der Waals surface area contributed by atoms with Crippen LogP contribution in [0.4, 0.5) is 10.1 Å². The van der Waals surface area contributed by atoms with Gasteiger partial charge in [-0.1, -0.05) is 11.6 Å². The molecule has 0 amide bonds. The van der Waals surface area contributed by atoms with Gasteiger partial charge in [-0.25, -0.2) is 4.39 Å². The molecule has 1 aliphatic rings. The lowest BCUT2D eigenvalue weighted by Gasteiger charge is -2.30. The summed E-state index contributed by atoms with van der Waals surface area (Å²) in [4.78, 5) is 2.10. The van der Waals surface area contributed by atoms with Crippen LogP contribution < -0.4 is 4.90 Å². The van der Waals surface area contributed by atoms with Crippen LogP contribution in [0.1, 0.15) is 18.4 Å². The Hall–Kier alpha value is -1.27. The third-order valence-electron chi connectivity index (χ3n) is 2.86. The highest BCUT2D eigenvalue weighted by Crippen LogP contribution is 2.26. The Morgan fingerprint density at radius 2 is 2.06 bits per heavy atom. The van der Waals surface area contributed by atoms with Crippen molar-refractivity contribution in [3.63, 3.8) is 0 Å². The number of benzene rings is 1. The van der Waals surface area contributed by atoms with Crippen LogP contribution in [0.25, 0.3) is 0 Å². The highest BCUT2D eigenvalue weighted by molar-refractivity contribution is 6.32. The van der Waals surface area contributed by atoms with Gasteiger partial charge in [-0.15, -0.1) is 0 Å². The summed E-state index contributed by atoms with van der Waals surface area (Å²) in [5, 5.41) is 9.22. The SMILES string of the molecule is N#Cc1ccc(N2CCC(F)CC2)cc1Cl. The second-order valence-corrected chi connectivity index (χ2v) is 4.34. The standard InChI is InChI=1S/C12H12ClFN2/c13-12-7-11(2-1-9(12)8-15)16-5-3-10(14)4-6-16/h1-2,7,10H,3-6H2. The van der Waals surface area contributed by atoms with E-state index in [1.807, 2.05) is 12.1 Å². The summed E-state index contributed by atoms with van der Waals surface area (Å²) in [6, 6.07) is 7.37. The van der Waals surface area contributed by atoms with Gasteiger partial charge in [0.1, 0.15) is 12.2 Å². The summed E-state index contributed by atoms with van der Waals surface area (Å²) in [6.45, 7) is 1.42. The van der Waals surface area contributed by atoms with Crippen molar-refractivity contribution in [2.45, 2.75) is 19.0 Å². The van der Waals surface area contributed by atoms with Crippen LogP contribution in [-0.2, 0) is 0 Å². The minimum absolute atomic E-state index is 0.461. The van der Waals surface area contributed by atoms with Gasteiger partial charge in [0.25, 0.3) is 0 Å². The number of nitriles is 1. The van der Waals surface area contributed by atoms with Crippen LogP contribution in [0.2, 0.25) is 5.02 Å². The molecule has 2 nitrogen and oxygen atoms in total. The minimum Gasteiger partial charge on any atom is -0.371 e. The lowest BCUT2D eigenvalue weighted by molar-refractivity contribution is 0.277. The van der Waals surface area contributed by atoms with Crippen molar-refractivity contribution in [1.29, 1.82) is 5.26 Å². The molecular formula is C12H12ClFN2. The van der Waals surface area contributed by atoms with Gasteiger partial charge in [-0.2, -0.15) is 5.26 Å². The van der Waals surface area contributed by atoms with Gasteiger partial charge in [0.15, 0.2) is 0 Å². The first kappa shape index (κ1) is 11.2. The second kappa shape index (κ2) is 4.71. The lowest BCUT2D eigenvalue weighted by Crippen LogP contribution is -2.34. The van der Waals surface area contributed by atoms with Crippen LogP contribution in [0, 0.1) is 11.3 Å². The molecule has 84 valence electrons. The van der Waals surface area contributed by atoms with Crippen LogP contribution in [0.15, 0.2) is 18.2 Å². The first-order valence-corrected chi connectivity index (χ1v) is 5.67. The van der Waals surface area contributed by atoms with Crippen molar-refractivity contribution < 1.29 is 4.39 Å². The molecule has 0 N–H and O–H groups in total. The summed E-state index contributed by atoms with van der Waals surface area (Å²) in [7, 11) is 0. The quantitative estimate of drug-likeness (QED) is 0.752. The van der Waals surface area contributed by atoms with Gasteiger partial charge >= 0.3 is 0 Å². The highest BCUT2D eigenvalue weighted by Gasteiger charge is 2.18. The summed E-state index contributed by atoms with van der Waals surface area (Å²) in [5.41, 5.74) is 1.45. The molecule has 1 aromatic carbocycles. The maximum Gasteiger partial charge on any atom is 0.103 e. The van der Waals surface area contributed by atoms with Crippen molar-refractivity contribution in [1.82, 2.24) is 0 Å². The molecule has 0 aromatic heterocycles. The van der Waals surface area contributed by atoms with E-state index in [9.17, 15) is 4.39 Å². The third-order valence-corrected chi connectivity index (χ3v) is 3.18. The topological polar surface area (TPSA) is 27.0 Å². The van der Waals surface area contributed by atoms with E-state index >= 15 is 0 Å². The van der Waals surface area contributed by atoms with E-state index in [0.717, 1.165) is 5.69 Å². The normalized spacial score (nSPS) is 17.2. The molecule has 1 saturated heterocycles. The van der Waals surface area contributed by atoms with Crippen molar-refractivity contribution >= 4 is 17.3 Å². The predicted molar refractivity (Wildman–Crippen MR) is 62.5 cm³/mol. The maximum absolute atomic E-state index is 13.0. The average molecular weight is 239 g/mol. The zero-order valence-electron chi connectivity index (χ0n) is 8.79. The van der Waals surface area contributed by atoms with E-state index in [-0.39, 0.29) is 0 Å². The highest BCUT2D eigenvalue weighted by atomic mass is 35.5. The van der Waals surface area contributed by atoms with Gasteiger partial charge in [0.2, 0.25) is 0 Å². The number of hydrogen-bond donors (Lipinski definition) is 0. The molecular weight excluding hydrogens is 227 g/mol. The van der Waals surface area contributed by atoms with E-state index in [4.69, 9.17) is 16.9 Å². The fourth-order valence-corrected chi connectivity index (χ4v) is 2.11. The van der Waals surface area contributed by atoms with Crippen molar-refractivity contribution in [3.05, 3.63) is 28.8 Å². The molecule has 0 saturated carbocycles. The molecule has 1 aromatic rings. The van der Waals surface area contributed by atoms with E-state index < -0.39 is 6.17 Å². The van der Waals surface area contributed by atoms with E-state index in [2.05, 4.69) is 4.90 Å². The Balaban J connectivity index is 2.16. The number of halogens is 2. The Labute approximate surface area is 99.2 Å². The van der Waals surface area contributed by atoms with Crippen LogP contribution in [0.5, 0.6) is 0 Å². The monoisotopic (exact) mass is 238 g/mol. The smallest absolute Gasteiger partial charge is 0.103 e. The minimum atomic E-state index is -0.676. The number of piperidine rings is 1. The molecule has 0 bridgehead atoms. The number of rotatable bonds is 1. The Kier molecular flexibility index (Phi) is 3.31.